The molecular weight excluding hydrogens is 409 g/mol. The minimum absolute atomic E-state index is 0.341. The summed E-state index contributed by atoms with van der Waals surface area (Å²) in [5.41, 5.74) is 4.88. The van der Waals surface area contributed by atoms with Crippen LogP contribution in [0, 0.1) is 13.8 Å². The maximum Gasteiger partial charge on any atom is 0.416 e. The number of aromatic nitrogens is 1. The van der Waals surface area contributed by atoms with Gasteiger partial charge in [0, 0.05) is 32.9 Å². The van der Waals surface area contributed by atoms with E-state index in [1.54, 1.807) is 0 Å². The quantitative estimate of drug-likeness (QED) is 0.343. The Morgan fingerprint density at radius 1 is 0.933 bits per heavy atom. The highest BCUT2D eigenvalue weighted by atomic mass is 35.5. The second-order valence-electron chi connectivity index (χ2n) is 7.39. The molecule has 4 rings (SSSR count). The molecule has 2 nitrogen and oxygen atoms in total. The van der Waals surface area contributed by atoms with Gasteiger partial charge in [-0.1, -0.05) is 41.9 Å². The SMILES string of the molecule is Cc1ccc2c(C(Nc3ccc(C(F)(F)F)cc3)c3ccccc3Cl)c(C)[nH]c2c1. The summed E-state index contributed by atoms with van der Waals surface area (Å²) in [5.74, 6) is 0. The average Bonchev–Trinajstić information content (AvgIpc) is 3.01. The van der Waals surface area contributed by atoms with Gasteiger partial charge in [0.1, 0.15) is 0 Å². The number of H-pyrrole nitrogens is 1. The van der Waals surface area contributed by atoms with Gasteiger partial charge in [-0.05, 0) is 61.4 Å². The first-order valence-corrected chi connectivity index (χ1v) is 9.89. The Morgan fingerprint density at radius 2 is 1.63 bits per heavy atom. The van der Waals surface area contributed by atoms with Crippen LogP contribution in [-0.4, -0.2) is 4.98 Å². The van der Waals surface area contributed by atoms with E-state index in [1.165, 1.54) is 12.1 Å². The van der Waals surface area contributed by atoms with Crippen LogP contribution in [0.1, 0.15) is 34.0 Å². The van der Waals surface area contributed by atoms with Crippen LogP contribution in [-0.2, 0) is 6.18 Å². The predicted octanol–water partition coefficient (Wildman–Crippen LogP) is 7.66. The summed E-state index contributed by atoms with van der Waals surface area (Å²) in [4.78, 5) is 3.42. The average molecular weight is 429 g/mol. The summed E-state index contributed by atoms with van der Waals surface area (Å²) in [6, 6.07) is 18.4. The third-order valence-electron chi connectivity index (χ3n) is 5.22. The van der Waals surface area contributed by atoms with E-state index in [1.807, 2.05) is 44.2 Å². The van der Waals surface area contributed by atoms with Crippen LogP contribution in [0.3, 0.4) is 0 Å². The lowest BCUT2D eigenvalue weighted by molar-refractivity contribution is -0.137. The van der Waals surface area contributed by atoms with Gasteiger partial charge in [0.15, 0.2) is 0 Å². The molecule has 3 aromatic carbocycles. The molecule has 1 aromatic heterocycles. The summed E-state index contributed by atoms with van der Waals surface area (Å²) in [6.07, 6.45) is -4.37. The summed E-state index contributed by atoms with van der Waals surface area (Å²) in [6.45, 7) is 4.02. The van der Waals surface area contributed by atoms with Crippen molar-refractivity contribution >= 4 is 28.2 Å². The Balaban J connectivity index is 1.83. The summed E-state index contributed by atoms with van der Waals surface area (Å²) in [7, 11) is 0. The second kappa shape index (κ2) is 7.73. The fourth-order valence-electron chi connectivity index (χ4n) is 3.78. The third kappa shape index (κ3) is 3.90. The molecule has 0 radical (unpaired) electrons. The van der Waals surface area contributed by atoms with Crippen LogP contribution in [0.2, 0.25) is 5.02 Å². The van der Waals surface area contributed by atoms with Gasteiger partial charge in [-0.2, -0.15) is 13.2 Å². The van der Waals surface area contributed by atoms with Crippen LogP contribution >= 0.6 is 11.6 Å². The number of benzene rings is 3. The Labute approximate surface area is 177 Å². The van der Waals surface area contributed by atoms with E-state index in [9.17, 15) is 13.2 Å². The number of alkyl halides is 3. The fraction of sp³-hybridized carbons (Fsp3) is 0.167. The number of anilines is 1. The number of aromatic amines is 1. The molecule has 6 heteroatoms. The molecule has 30 heavy (non-hydrogen) atoms. The van der Waals surface area contributed by atoms with Crippen molar-refractivity contribution in [1.82, 2.24) is 4.98 Å². The molecule has 1 unspecified atom stereocenters. The third-order valence-corrected chi connectivity index (χ3v) is 5.56. The van der Waals surface area contributed by atoms with Crippen LogP contribution < -0.4 is 5.32 Å². The first kappa shape index (κ1) is 20.4. The monoisotopic (exact) mass is 428 g/mol. The summed E-state index contributed by atoms with van der Waals surface area (Å²) in [5, 5.41) is 5.02. The number of fused-ring (bicyclic) bond motifs is 1. The van der Waals surface area contributed by atoms with Crippen molar-refractivity contribution in [3.63, 3.8) is 0 Å². The molecule has 0 saturated carbocycles. The minimum atomic E-state index is -4.37. The number of hydrogen-bond acceptors (Lipinski definition) is 1. The summed E-state index contributed by atoms with van der Waals surface area (Å²) >= 11 is 6.52. The molecular formula is C24H20ClF3N2. The van der Waals surface area contributed by atoms with Gasteiger partial charge in [-0.25, -0.2) is 0 Å². The number of halogens is 4. The lowest BCUT2D eigenvalue weighted by Gasteiger charge is -2.23. The molecule has 0 fully saturated rings. The smallest absolute Gasteiger partial charge is 0.374 e. The lowest BCUT2D eigenvalue weighted by Crippen LogP contribution is -2.14. The molecule has 0 bridgehead atoms. The maximum absolute atomic E-state index is 12.9. The number of hydrogen-bond donors (Lipinski definition) is 2. The van der Waals surface area contributed by atoms with Gasteiger partial charge in [0.05, 0.1) is 11.6 Å². The van der Waals surface area contributed by atoms with Gasteiger partial charge in [-0.3, -0.25) is 0 Å². The maximum atomic E-state index is 12.9. The van der Waals surface area contributed by atoms with E-state index in [0.717, 1.165) is 45.4 Å². The standard InChI is InChI=1S/C24H20ClF3N2/c1-14-7-12-19-21(13-14)29-15(2)22(19)23(18-5-3-4-6-20(18)25)30-17-10-8-16(9-11-17)24(26,27)28/h3-13,23,29-30H,1-2H3. The molecule has 0 spiro atoms. The topological polar surface area (TPSA) is 27.8 Å². The molecule has 2 N–H and O–H groups in total. The Bertz CT molecular complexity index is 1190. The highest BCUT2D eigenvalue weighted by Crippen LogP contribution is 2.38. The minimum Gasteiger partial charge on any atom is -0.374 e. The Morgan fingerprint density at radius 3 is 2.30 bits per heavy atom. The zero-order valence-corrected chi connectivity index (χ0v) is 17.2. The van der Waals surface area contributed by atoms with E-state index < -0.39 is 11.7 Å². The van der Waals surface area contributed by atoms with E-state index in [0.29, 0.717) is 10.7 Å². The van der Waals surface area contributed by atoms with E-state index >= 15 is 0 Å². The van der Waals surface area contributed by atoms with E-state index in [-0.39, 0.29) is 6.04 Å². The Hall–Kier alpha value is -2.92. The zero-order valence-electron chi connectivity index (χ0n) is 16.4. The van der Waals surface area contributed by atoms with Crippen molar-refractivity contribution in [3.8, 4) is 0 Å². The second-order valence-corrected chi connectivity index (χ2v) is 7.79. The molecule has 0 aliphatic rings. The van der Waals surface area contributed by atoms with Gasteiger partial charge >= 0.3 is 6.18 Å². The Kier molecular flexibility index (Phi) is 5.24. The molecule has 1 atom stereocenters. The normalized spacial score (nSPS) is 12.9. The van der Waals surface area contributed by atoms with Crippen LogP contribution in [0.4, 0.5) is 18.9 Å². The summed E-state index contributed by atoms with van der Waals surface area (Å²) < 4.78 is 38.8. The van der Waals surface area contributed by atoms with Crippen LogP contribution in [0.15, 0.2) is 66.7 Å². The van der Waals surface area contributed by atoms with Crippen molar-refractivity contribution < 1.29 is 13.2 Å². The van der Waals surface area contributed by atoms with Crippen molar-refractivity contribution in [2.24, 2.45) is 0 Å². The van der Waals surface area contributed by atoms with Gasteiger partial charge in [-0.15, -0.1) is 0 Å². The zero-order chi connectivity index (χ0) is 21.5. The van der Waals surface area contributed by atoms with Crippen molar-refractivity contribution in [2.75, 3.05) is 5.32 Å². The van der Waals surface area contributed by atoms with Crippen molar-refractivity contribution in [3.05, 3.63) is 99.7 Å². The molecule has 0 amide bonds. The molecule has 0 aliphatic carbocycles. The van der Waals surface area contributed by atoms with Gasteiger partial charge < -0.3 is 10.3 Å². The van der Waals surface area contributed by atoms with E-state index in [2.05, 4.69) is 22.4 Å². The molecule has 4 aromatic rings. The van der Waals surface area contributed by atoms with Gasteiger partial charge in [0.25, 0.3) is 0 Å². The highest BCUT2D eigenvalue weighted by Gasteiger charge is 2.30. The highest BCUT2D eigenvalue weighted by molar-refractivity contribution is 6.31. The number of nitrogens with one attached hydrogen (secondary N) is 2. The van der Waals surface area contributed by atoms with Crippen molar-refractivity contribution in [1.29, 1.82) is 0 Å². The lowest BCUT2D eigenvalue weighted by atomic mass is 9.95. The van der Waals surface area contributed by atoms with E-state index in [4.69, 9.17) is 11.6 Å². The van der Waals surface area contributed by atoms with Crippen LogP contribution in [0.5, 0.6) is 0 Å². The first-order chi connectivity index (χ1) is 14.2. The molecule has 0 saturated heterocycles. The van der Waals surface area contributed by atoms with Crippen LogP contribution in [0.25, 0.3) is 10.9 Å². The number of rotatable bonds is 4. The van der Waals surface area contributed by atoms with Crippen molar-refractivity contribution in [2.45, 2.75) is 26.1 Å². The predicted molar refractivity (Wildman–Crippen MR) is 116 cm³/mol. The molecule has 154 valence electrons. The largest absolute Gasteiger partial charge is 0.416 e. The fourth-order valence-corrected chi connectivity index (χ4v) is 4.02. The number of aryl methyl sites for hydroxylation is 2. The molecule has 0 aliphatic heterocycles. The molecule has 1 heterocycles. The first-order valence-electron chi connectivity index (χ1n) is 9.51. The van der Waals surface area contributed by atoms with Gasteiger partial charge in [0.2, 0.25) is 0 Å².